The zero-order valence-electron chi connectivity index (χ0n) is 16.0. The van der Waals surface area contributed by atoms with Gasteiger partial charge in [0.05, 0.1) is 11.0 Å². The molecule has 2 aromatic rings. The highest BCUT2D eigenvalue weighted by atomic mass is 16.2. The fourth-order valence-corrected chi connectivity index (χ4v) is 3.71. The third-order valence-electron chi connectivity index (χ3n) is 5.19. The van der Waals surface area contributed by atoms with E-state index in [9.17, 15) is 9.59 Å². The van der Waals surface area contributed by atoms with E-state index in [1.165, 1.54) is 0 Å². The Morgan fingerprint density at radius 2 is 2.19 bits per heavy atom. The number of nitrogens with two attached hydrogens (primary N) is 1. The lowest BCUT2D eigenvalue weighted by atomic mass is 10.0. The molecule has 146 valence electrons. The van der Waals surface area contributed by atoms with Gasteiger partial charge in [-0.15, -0.1) is 0 Å². The molecule has 1 aromatic carbocycles. The van der Waals surface area contributed by atoms with Crippen LogP contribution in [0.4, 0.5) is 0 Å². The number of likely N-dealkylation sites (tertiary alicyclic amines) is 1. The van der Waals surface area contributed by atoms with Crippen LogP contribution in [0.1, 0.15) is 43.5 Å². The molecule has 1 unspecified atom stereocenters. The van der Waals surface area contributed by atoms with Crippen molar-refractivity contribution in [2.75, 3.05) is 19.6 Å². The highest BCUT2D eigenvalue weighted by Gasteiger charge is 2.26. The highest BCUT2D eigenvalue weighted by molar-refractivity contribution is 5.80. The Bertz CT molecular complexity index is 801. The minimum atomic E-state index is -0.0480. The monoisotopic (exact) mass is 371 g/mol. The molecule has 1 saturated heterocycles. The number of hydrogen-bond donors (Lipinski definition) is 3. The first-order chi connectivity index (χ1) is 13.1. The van der Waals surface area contributed by atoms with Crippen LogP contribution in [0.5, 0.6) is 0 Å². The van der Waals surface area contributed by atoms with Crippen LogP contribution in [0.2, 0.25) is 0 Å². The second-order valence-electron chi connectivity index (χ2n) is 7.23. The van der Waals surface area contributed by atoms with Gasteiger partial charge in [-0.1, -0.05) is 12.1 Å². The molecule has 1 aliphatic rings. The van der Waals surface area contributed by atoms with E-state index in [0.717, 1.165) is 48.2 Å². The number of nitrogens with one attached hydrogen (secondary N) is 2. The first kappa shape index (κ1) is 19.4. The smallest absolute Gasteiger partial charge is 0.223 e. The average molecular weight is 371 g/mol. The number of imidazole rings is 1. The number of amides is 2. The van der Waals surface area contributed by atoms with Crippen molar-refractivity contribution in [1.29, 1.82) is 0 Å². The van der Waals surface area contributed by atoms with Crippen LogP contribution in [0.15, 0.2) is 18.2 Å². The Kier molecular flexibility index (Phi) is 6.45. The quantitative estimate of drug-likeness (QED) is 0.688. The summed E-state index contributed by atoms with van der Waals surface area (Å²) in [5.41, 5.74) is 8.52. The summed E-state index contributed by atoms with van der Waals surface area (Å²) in [6, 6.07) is 6.12. The summed E-state index contributed by atoms with van der Waals surface area (Å²) in [5, 5.41) is 2.90. The van der Waals surface area contributed by atoms with Crippen molar-refractivity contribution in [1.82, 2.24) is 20.2 Å². The van der Waals surface area contributed by atoms with E-state index in [4.69, 9.17) is 5.73 Å². The van der Waals surface area contributed by atoms with Gasteiger partial charge in [-0.05, 0) is 37.8 Å². The molecule has 4 N–H and O–H groups in total. The largest absolute Gasteiger partial charge is 0.354 e. The molecule has 0 radical (unpaired) electrons. The van der Waals surface area contributed by atoms with Crippen LogP contribution in [0.25, 0.3) is 11.0 Å². The Morgan fingerprint density at radius 3 is 2.96 bits per heavy atom. The van der Waals surface area contributed by atoms with Crippen LogP contribution in [0, 0.1) is 6.92 Å². The van der Waals surface area contributed by atoms with Crippen molar-refractivity contribution < 1.29 is 9.59 Å². The predicted molar refractivity (Wildman–Crippen MR) is 105 cm³/mol. The fraction of sp³-hybridized carbons (Fsp3) is 0.550. The van der Waals surface area contributed by atoms with Gasteiger partial charge in [0.2, 0.25) is 11.8 Å². The lowest BCUT2D eigenvalue weighted by Crippen LogP contribution is -2.49. The lowest BCUT2D eigenvalue weighted by Gasteiger charge is -2.36. The zero-order valence-corrected chi connectivity index (χ0v) is 16.0. The van der Waals surface area contributed by atoms with Crippen LogP contribution in [-0.4, -0.2) is 52.4 Å². The number of para-hydroxylation sites is 1. The number of carbonyl (C=O) groups excluding carboxylic acids is 2. The summed E-state index contributed by atoms with van der Waals surface area (Å²) in [4.78, 5) is 34.3. The number of fused-ring (bicyclic) bond motifs is 1. The molecule has 3 rings (SSSR count). The van der Waals surface area contributed by atoms with Gasteiger partial charge in [0.25, 0.3) is 0 Å². The van der Waals surface area contributed by atoms with Gasteiger partial charge in [-0.3, -0.25) is 9.59 Å². The molecule has 0 spiro atoms. The molecule has 1 aromatic heterocycles. The standard InChI is InChI=1S/C20H29N5O2/c1-14-5-4-7-16-20(14)24-17(23-16)8-9-19(27)25-12-3-2-6-15(25)13-22-18(26)10-11-21/h4-5,7,15H,2-3,6,8-13,21H2,1H3,(H,22,26)(H,23,24). The van der Waals surface area contributed by atoms with E-state index in [1.54, 1.807) is 0 Å². The molecule has 7 nitrogen and oxygen atoms in total. The molecular weight excluding hydrogens is 342 g/mol. The SMILES string of the molecule is Cc1cccc2[nH]c(CCC(=O)N3CCCCC3CNC(=O)CCN)nc12. The predicted octanol–water partition coefficient (Wildman–Crippen LogP) is 1.65. The second-order valence-corrected chi connectivity index (χ2v) is 7.23. The van der Waals surface area contributed by atoms with Crippen LogP contribution in [0.3, 0.4) is 0 Å². The van der Waals surface area contributed by atoms with Gasteiger partial charge < -0.3 is 20.9 Å². The molecule has 2 heterocycles. The number of carbonyl (C=O) groups is 2. The minimum absolute atomic E-state index is 0.0480. The third-order valence-corrected chi connectivity index (χ3v) is 5.19. The van der Waals surface area contributed by atoms with Crippen molar-refractivity contribution in [2.45, 2.75) is 51.5 Å². The van der Waals surface area contributed by atoms with E-state index in [2.05, 4.69) is 15.3 Å². The zero-order chi connectivity index (χ0) is 19.2. The highest BCUT2D eigenvalue weighted by Crippen LogP contribution is 2.19. The molecule has 0 saturated carbocycles. The summed E-state index contributed by atoms with van der Waals surface area (Å²) in [6.07, 6.45) is 4.37. The first-order valence-corrected chi connectivity index (χ1v) is 9.79. The van der Waals surface area contributed by atoms with E-state index >= 15 is 0 Å². The van der Waals surface area contributed by atoms with Gasteiger partial charge in [0.1, 0.15) is 5.82 Å². The summed E-state index contributed by atoms with van der Waals surface area (Å²) < 4.78 is 0. The number of H-pyrrole nitrogens is 1. The average Bonchev–Trinajstić information content (AvgIpc) is 3.09. The number of aromatic nitrogens is 2. The summed E-state index contributed by atoms with van der Waals surface area (Å²) >= 11 is 0. The molecule has 0 bridgehead atoms. The second kappa shape index (κ2) is 8.99. The van der Waals surface area contributed by atoms with Crippen molar-refractivity contribution in [3.8, 4) is 0 Å². The fourth-order valence-electron chi connectivity index (χ4n) is 3.71. The normalized spacial score (nSPS) is 17.3. The number of piperidine rings is 1. The first-order valence-electron chi connectivity index (χ1n) is 9.79. The number of aryl methyl sites for hydroxylation is 2. The maximum atomic E-state index is 12.8. The van der Waals surface area contributed by atoms with Crippen LogP contribution in [-0.2, 0) is 16.0 Å². The summed E-state index contributed by atoms with van der Waals surface area (Å²) in [5.74, 6) is 0.926. The minimum Gasteiger partial charge on any atom is -0.354 e. The third kappa shape index (κ3) is 4.86. The van der Waals surface area contributed by atoms with Gasteiger partial charge in [-0.2, -0.15) is 0 Å². The summed E-state index contributed by atoms with van der Waals surface area (Å²) in [7, 11) is 0. The number of benzene rings is 1. The van der Waals surface area contributed by atoms with Crippen LogP contribution < -0.4 is 11.1 Å². The van der Waals surface area contributed by atoms with E-state index in [-0.39, 0.29) is 17.9 Å². The topological polar surface area (TPSA) is 104 Å². The summed E-state index contributed by atoms with van der Waals surface area (Å²) in [6.45, 7) is 3.65. The molecule has 1 aliphatic heterocycles. The van der Waals surface area contributed by atoms with Gasteiger partial charge >= 0.3 is 0 Å². The van der Waals surface area contributed by atoms with Gasteiger partial charge in [-0.25, -0.2) is 4.98 Å². The maximum absolute atomic E-state index is 12.8. The molecule has 0 aliphatic carbocycles. The van der Waals surface area contributed by atoms with Crippen molar-refractivity contribution in [2.24, 2.45) is 5.73 Å². The van der Waals surface area contributed by atoms with Crippen LogP contribution >= 0.6 is 0 Å². The van der Waals surface area contributed by atoms with E-state index < -0.39 is 0 Å². The Labute approximate surface area is 159 Å². The molecule has 1 fully saturated rings. The maximum Gasteiger partial charge on any atom is 0.223 e. The van der Waals surface area contributed by atoms with Crippen molar-refractivity contribution >= 4 is 22.8 Å². The lowest BCUT2D eigenvalue weighted by molar-refractivity contribution is -0.135. The molecule has 27 heavy (non-hydrogen) atoms. The van der Waals surface area contributed by atoms with Gasteiger partial charge in [0, 0.05) is 44.9 Å². The number of aromatic amines is 1. The van der Waals surface area contributed by atoms with Gasteiger partial charge in [0.15, 0.2) is 0 Å². The van der Waals surface area contributed by atoms with Crippen molar-refractivity contribution in [3.63, 3.8) is 0 Å². The van der Waals surface area contributed by atoms with Crippen molar-refractivity contribution in [3.05, 3.63) is 29.6 Å². The molecule has 1 atom stereocenters. The number of rotatable bonds is 7. The Balaban J connectivity index is 1.57. The van der Waals surface area contributed by atoms with E-state index in [1.807, 2.05) is 30.0 Å². The Hall–Kier alpha value is -2.41. The molecule has 2 amide bonds. The Morgan fingerprint density at radius 1 is 1.33 bits per heavy atom. The molecular formula is C20H29N5O2. The van der Waals surface area contributed by atoms with E-state index in [0.29, 0.717) is 32.4 Å². The number of nitrogens with zero attached hydrogens (tertiary/aromatic N) is 2. The number of hydrogen-bond acceptors (Lipinski definition) is 4. The molecule has 7 heteroatoms.